The Bertz CT molecular complexity index is 278. The molecule has 0 amide bonds. The molecule has 0 aliphatic carbocycles. The number of rotatable bonds is 3. The van der Waals surface area contributed by atoms with Crippen molar-refractivity contribution in [2.24, 2.45) is 0 Å². The molecule has 0 saturated carbocycles. The van der Waals surface area contributed by atoms with Crippen molar-refractivity contribution in [3.63, 3.8) is 0 Å². The third kappa shape index (κ3) is 3.24. The van der Waals surface area contributed by atoms with Gasteiger partial charge in [0.05, 0.1) is 6.20 Å². The Morgan fingerprint density at radius 3 is 3.08 bits per heavy atom. The average molecular weight is 249 g/mol. The molecule has 0 radical (unpaired) electrons. The van der Waals surface area contributed by atoms with Crippen LogP contribution in [0.15, 0.2) is 34.5 Å². The Morgan fingerprint density at radius 2 is 2.42 bits per heavy atom. The first-order valence-electron chi connectivity index (χ1n) is 3.31. The molecule has 0 aromatic carbocycles. The molecule has 12 heavy (non-hydrogen) atoms. The van der Waals surface area contributed by atoms with Gasteiger partial charge in [-0.25, -0.2) is 0 Å². The molecule has 0 spiro atoms. The van der Waals surface area contributed by atoms with Crippen LogP contribution in [0.3, 0.4) is 0 Å². The van der Waals surface area contributed by atoms with Crippen LogP contribution in [0.1, 0.15) is 0 Å². The number of aromatic nitrogens is 1. The van der Waals surface area contributed by atoms with Gasteiger partial charge in [0.2, 0.25) is 0 Å². The summed E-state index contributed by atoms with van der Waals surface area (Å²) in [6, 6.07) is 1.84. The first kappa shape index (κ1) is 9.55. The summed E-state index contributed by atoms with van der Waals surface area (Å²) in [7, 11) is 0. The molecule has 0 aliphatic heterocycles. The predicted molar refractivity (Wildman–Crippen MR) is 52.4 cm³/mol. The van der Waals surface area contributed by atoms with Crippen molar-refractivity contribution in [1.29, 1.82) is 0 Å². The summed E-state index contributed by atoms with van der Waals surface area (Å²) in [6.45, 7) is 0.460. The van der Waals surface area contributed by atoms with E-state index in [-0.39, 0.29) is 0 Å². The second-order valence-corrected chi connectivity index (χ2v) is 3.18. The number of hydrogen-bond donors (Lipinski definition) is 0. The first-order chi connectivity index (χ1) is 5.83. The number of hydrogen-bond acceptors (Lipinski definition) is 2. The van der Waals surface area contributed by atoms with Crippen molar-refractivity contribution in [2.45, 2.75) is 0 Å². The van der Waals surface area contributed by atoms with Crippen molar-refractivity contribution in [3.8, 4) is 5.75 Å². The monoisotopic (exact) mass is 247 g/mol. The van der Waals surface area contributed by atoms with Gasteiger partial charge in [0.25, 0.3) is 0 Å². The minimum atomic E-state index is 0.460. The van der Waals surface area contributed by atoms with E-state index in [0.29, 0.717) is 6.61 Å². The lowest BCUT2D eigenvalue weighted by Crippen LogP contribution is -1.93. The summed E-state index contributed by atoms with van der Waals surface area (Å²) in [5.41, 5.74) is 1.42. The highest BCUT2D eigenvalue weighted by atomic mass is 79.9. The zero-order valence-corrected chi connectivity index (χ0v) is 8.55. The fourth-order valence-electron chi connectivity index (χ4n) is 0.652. The van der Waals surface area contributed by atoms with Crippen LogP contribution < -0.4 is 4.74 Å². The van der Waals surface area contributed by atoms with Gasteiger partial charge in [0.15, 0.2) is 0 Å². The second kappa shape index (κ2) is 5.17. The van der Waals surface area contributed by atoms with E-state index in [1.807, 2.05) is 6.07 Å². The third-order valence-corrected chi connectivity index (χ3v) is 1.73. The zero-order chi connectivity index (χ0) is 8.81. The normalized spacial score (nSPS) is 10.5. The van der Waals surface area contributed by atoms with Crippen LogP contribution in [0, 0.1) is 0 Å². The minimum absolute atomic E-state index is 0.460. The van der Waals surface area contributed by atoms with Gasteiger partial charge in [-0.3, -0.25) is 4.98 Å². The topological polar surface area (TPSA) is 22.1 Å². The zero-order valence-electron chi connectivity index (χ0n) is 6.21. The van der Waals surface area contributed by atoms with Crippen molar-refractivity contribution in [2.75, 3.05) is 6.61 Å². The highest BCUT2D eigenvalue weighted by Crippen LogP contribution is 2.15. The molecule has 4 heteroatoms. The minimum Gasteiger partial charge on any atom is -0.488 e. The van der Waals surface area contributed by atoms with E-state index in [1.165, 1.54) is 5.54 Å². The molecule has 0 unspecified atom stereocenters. The van der Waals surface area contributed by atoms with Crippen molar-refractivity contribution < 1.29 is 4.74 Å². The van der Waals surface area contributed by atoms with Gasteiger partial charge in [-0.1, -0.05) is 11.6 Å². The Labute approximate surface area is 84.3 Å². The summed E-state index contributed by atoms with van der Waals surface area (Å²) in [6.07, 6.45) is 5.06. The standard InChI is InChI=1S/C8H7BrClNO/c9-7-4-8(6-11-5-7)12-3-1-2-10/h1-2,4-6H,3H2. The van der Waals surface area contributed by atoms with Gasteiger partial charge in [-0.2, -0.15) is 0 Å². The third-order valence-electron chi connectivity index (χ3n) is 1.12. The fraction of sp³-hybridized carbons (Fsp3) is 0.125. The molecule has 0 aliphatic rings. The van der Waals surface area contributed by atoms with Crippen molar-refractivity contribution in [3.05, 3.63) is 34.5 Å². The molecule has 1 heterocycles. The average Bonchev–Trinajstić information content (AvgIpc) is 2.05. The summed E-state index contributed by atoms with van der Waals surface area (Å²) in [5, 5.41) is 0. The number of pyridine rings is 1. The Morgan fingerprint density at radius 1 is 1.58 bits per heavy atom. The Balaban J connectivity index is 2.52. The van der Waals surface area contributed by atoms with E-state index < -0.39 is 0 Å². The smallest absolute Gasteiger partial charge is 0.139 e. The van der Waals surface area contributed by atoms with E-state index in [1.54, 1.807) is 18.5 Å². The Kier molecular flexibility index (Phi) is 4.11. The molecule has 0 saturated heterocycles. The molecule has 64 valence electrons. The van der Waals surface area contributed by atoms with Gasteiger partial charge in [-0.05, 0) is 28.1 Å². The maximum atomic E-state index is 5.31. The van der Waals surface area contributed by atoms with Crippen LogP contribution in [0.25, 0.3) is 0 Å². The largest absolute Gasteiger partial charge is 0.488 e. The van der Waals surface area contributed by atoms with Gasteiger partial charge >= 0.3 is 0 Å². The van der Waals surface area contributed by atoms with Crippen molar-refractivity contribution in [1.82, 2.24) is 4.98 Å². The van der Waals surface area contributed by atoms with E-state index in [4.69, 9.17) is 16.3 Å². The molecule has 0 bridgehead atoms. The van der Waals surface area contributed by atoms with Crippen molar-refractivity contribution >= 4 is 27.5 Å². The number of nitrogens with zero attached hydrogens (tertiary/aromatic N) is 1. The summed E-state index contributed by atoms with van der Waals surface area (Å²) < 4.78 is 6.16. The lowest BCUT2D eigenvalue weighted by atomic mass is 10.5. The Hall–Kier alpha value is -0.540. The van der Waals surface area contributed by atoms with E-state index in [2.05, 4.69) is 20.9 Å². The maximum absolute atomic E-state index is 5.31. The molecule has 0 N–H and O–H groups in total. The molecule has 0 fully saturated rings. The van der Waals surface area contributed by atoms with Crippen LogP contribution in [0.2, 0.25) is 0 Å². The summed E-state index contributed by atoms with van der Waals surface area (Å²) in [5.74, 6) is 0.721. The van der Waals surface area contributed by atoms with Crippen LogP contribution in [-0.2, 0) is 0 Å². The molecule has 2 nitrogen and oxygen atoms in total. The van der Waals surface area contributed by atoms with Gasteiger partial charge in [0, 0.05) is 16.2 Å². The quantitative estimate of drug-likeness (QED) is 0.820. The van der Waals surface area contributed by atoms with E-state index in [9.17, 15) is 0 Å². The summed E-state index contributed by atoms with van der Waals surface area (Å²) >= 11 is 8.60. The molecular weight excluding hydrogens is 241 g/mol. The second-order valence-electron chi connectivity index (χ2n) is 2.01. The van der Waals surface area contributed by atoms with E-state index in [0.717, 1.165) is 10.2 Å². The van der Waals surface area contributed by atoms with Gasteiger partial charge < -0.3 is 4.74 Å². The number of ether oxygens (including phenoxy) is 1. The van der Waals surface area contributed by atoms with Crippen LogP contribution in [0.5, 0.6) is 5.75 Å². The molecule has 1 rings (SSSR count). The van der Waals surface area contributed by atoms with Crippen LogP contribution >= 0.6 is 27.5 Å². The molecular formula is C8H7BrClNO. The summed E-state index contributed by atoms with van der Waals surface area (Å²) in [4.78, 5) is 3.93. The van der Waals surface area contributed by atoms with Gasteiger partial charge in [-0.15, -0.1) is 0 Å². The molecule has 1 aromatic rings. The SMILES string of the molecule is ClC=CCOc1cncc(Br)c1. The lowest BCUT2D eigenvalue weighted by molar-refractivity contribution is 0.361. The first-order valence-corrected chi connectivity index (χ1v) is 4.54. The highest BCUT2D eigenvalue weighted by Gasteiger charge is 1.92. The fourth-order valence-corrected chi connectivity index (χ4v) is 1.07. The van der Waals surface area contributed by atoms with Crippen LogP contribution in [-0.4, -0.2) is 11.6 Å². The van der Waals surface area contributed by atoms with Crippen LogP contribution in [0.4, 0.5) is 0 Å². The van der Waals surface area contributed by atoms with Gasteiger partial charge in [0.1, 0.15) is 12.4 Å². The van der Waals surface area contributed by atoms with E-state index >= 15 is 0 Å². The molecule has 1 aromatic heterocycles. The number of halogens is 2. The lowest BCUT2D eigenvalue weighted by Gasteiger charge is -2.01. The predicted octanol–water partition coefficient (Wildman–Crippen LogP) is 2.98. The molecule has 0 atom stereocenters. The maximum Gasteiger partial charge on any atom is 0.139 e. The highest BCUT2D eigenvalue weighted by molar-refractivity contribution is 9.10.